The highest BCUT2D eigenvalue weighted by atomic mass is 16.3. The SMILES string of the molecule is O=C(NCc1ccc2ncccc2c1)N[C@@H]1CCC[C@@H]1CCO. The molecule has 1 saturated carbocycles. The Balaban J connectivity index is 1.53. The van der Waals surface area contributed by atoms with E-state index in [4.69, 9.17) is 5.11 Å². The fraction of sp³-hybridized carbons (Fsp3) is 0.444. The molecule has 0 bridgehead atoms. The molecule has 0 saturated heterocycles. The highest BCUT2D eigenvalue weighted by molar-refractivity contribution is 5.79. The van der Waals surface area contributed by atoms with E-state index in [1.165, 1.54) is 0 Å². The van der Waals surface area contributed by atoms with Gasteiger partial charge in [-0.3, -0.25) is 4.98 Å². The first kappa shape index (κ1) is 15.7. The van der Waals surface area contributed by atoms with Crippen molar-refractivity contribution in [2.75, 3.05) is 6.61 Å². The van der Waals surface area contributed by atoms with Gasteiger partial charge in [0.15, 0.2) is 0 Å². The summed E-state index contributed by atoms with van der Waals surface area (Å²) < 4.78 is 0. The van der Waals surface area contributed by atoms with Crippen LogP contribution in [-0.2, 0) is 6.54 Å². The van der Waals surface area contributed by atoms with Crippen LogP contribution in [0.3, 0.4) is 0 Å². The van der Waals surface area contributed by atoms with Crippen molar-refractivity contribution in [3.05, 3.63) is 42.1 Å². The number of fused-ring (bicyclic) bond motifs is 1. The Kier molecular flexibility index (Phi) is 5.08. The lowest BCUT2D eigenvalue weighted by Gasteiger charge is -2.20. The molecular formula is C18H23N3O2. The molecule has 23 heavy (non-hydrogen) atoms. The van der Waals surface area contributed by atoms with Crippen LogP contribution in [0.2, 0.25) is 0 Å². The summed E-state index contributed by atoms with van der Waals surface area (Å²) in [6, 6.07) is 9.98. The Labute approximate surface area is 136 Å². The third-order valence-electron chi connectivity index (χ3n) is 4.60. The second kappa shape index (κ2) is 7.42. The molecule has 1 aliphatic carbocycles. The Morgan fingerprint density at radius 1 is 1.30 bits per heavy atom. The number of aliphatic hydroxyl groups is 1. The van der Waals surface area contributed by atoms with Gasteiger partial charge >= 0.3 is 6.03 Å². The Morgan fingerprint density at radius 3 is 3.09 bits per heavy atom. The molecular weight excluding hydrogens is 290 g/mol. The zero-order valence-corrected chi connectivity index (χ0v) is 13.2. The standard InChI is InChI=1S/C18H23N3O2/c22-10-8-14-3-1-5-17(14)21-18(23)20-12-13-6-7-16-15(11-13)4-2-9-19-16/h2,4,6-7,9,11,14,17,22H,1,3,5,8,10,12H2,(H2,20,21,23)/t14-,17-/m1/s1. The first-order valence-electron chi connectivity index (χ1n) is 8.25. The van der Waals surface area contributed by atoms with E-state index in [1.807, 2.05) is 30.3 Å². The normalized spacial score (nSPS) is 20.6. The van der Waals surface area contributed by atoms with Gasteiger partial charge in [0.1, 0.15) is 0 Å². The van der Waals surface area contributed by atoms with Gasteiger partial charge in [-0.1, -0.05) is 18.6 Å². The van der Waals surface area contributed by atoms with E-state index in [0.29, 0.717) is 12.5 Å². The average molecular weight is 313 g/mol. The molecule has 0 unspecified atom stereocenters. The number of pyridine rings is 1. The number of urea groups is 1. The van der Waals surface area contributed by atoms with Crippen molar-refractivity contribution >= 4 is 16.9 Å². The highest BCUT2D eigenvalue weighted by Gasteiger charge is 2.27. The zero-order chi connectivity index (χ0) is 16.1. The molecule has 122 valence electrons. The Hall–Kier alpha value is -2.14. The maximum absolute atomic E-state index is 12.1. The molecule has 1 aromatic carbocycles. The van der Waals surface area contributed by atoms with E-state index in [-0.39, 0.29) is 18.7 Å². The minimum Gasteiger partial charge on any atom is -0.396 e. The van der Waals surface area contributed by atoms with E-state index in [0.717, 1.165) is 42.1 Å². The Morgan fingerprint density at radius 2 is 2.22 bits per heavy atom. The lowest BCUT2D eigenvalue weighted by molar-refractivity contribution is 0.221. The number of amides is 2. The van der Waals surface area contributed by atoms with Crippen molar-refractivity contribution < 1.29 is 9.90 Å². The maximum atomic E-state index is 12.1. The van der Waals surface area contributed by atoms with Crippen LogP contribution in [0.15, 0.2) is 36.5 Å². The molecule has 2 aromatic rings. The van der Waals surface area contributed by atoms with E-state index >= 15 is 0 Å². The van der Waals surface area contributed by atoms with Crippen LogP contribution in [0.5, 0.6) is 0 Å². The number of nitrogens with zero attached hydrogens (tertiary/aromatic N) is 1. The van der Waals surface area contributed by atoms with Gasteiger partial charge in [0, 0.05) is 30.8 Å². The molecule has 0 spiro atoms. The van der Waals surface area contributed by atoms with Gasteiger partial charge in [-0.2, -0.15) is 0 Å². The minimum atomic E-state index is -0.133. The average Bonchev–Trinajstić information content (AvgIpc) is 3.00. The number of aromatic nitrogens is 1. The highest BCUT2D eigenvalue weighted by Crippen LogP contribution is 2.28. The second-order valence-electron chi connectivity index (χ2n) is 6.17. The van der Waals surface area contributed by atoms with Gasteiger partial charge in [-0.05, 0) is 48.9 Å². The minimum absolute atomic E-state index is 0.133. The molecule has 1 aromatic heterocycles. The topological polar surface area (TPSA) is 74.2 Å². The number of hydrogen-bond donors (Lipinski definition) is 3. The smallest absolute Gasteiger partial charge is 0.315 e. The predicted molar refractivity (Wildman–Crippen MR) is 89.9 cm³/mol. The third-order valence-corrected chi connectivity index (χ3v) is 4.60. The Bertz CT molecular complexity index is 674. The number of nitrogens with one attached hydrogen (secondary N) is 2. The van der Waals surface area contributed by atoms with E-state index in [9.17, 15) is 4.79 Å². The molecule has 0 radical (unpaired) electrons. The summed E-state index contributed by atoms with van der Waals surface area (Å²) in [6.45, 7) is 0.684. The third kappa shape index (κ3) is 3.99. The maximum Gasteiger partial charge on any atom is 0.315 e. The van der Waals surface area contributed by atoms with Crippen LogP contribution in [0.4, 0.5) is 4.79 Å². The van der Waals surface area contributed by atoms with Gasteiger partial charge < -0.3 is 15.7 Å². The van der Waals surface area contributed by atoms with Gasteiger partial charge in [0.05, 0.1) is 5.52 Å². The molecule has 1 aliphatic rings. The van der Waals surface area contributed by atoms with E-state index < -0.39 is 0 Å². The fourth-order valence-electron chi connectivity index (χ4n) is 3.38. The molecule has 1 fully saturated rings. The van der Waals surface area contributed by atoms with E-state index in [1.54, 1.807) is 6.20 Å². The first-order chi connectivity index (χ1) is 11.3. The van der Waals surface area contributed by atoms with Gasteiger partial charge in [0.25, 0.3) is 0 Å². The molecule has 0 aliphatic heterocycles. The number of hydrogen-bond acceptors (Lipinski definition) is 3. The molecule has 1 heterocycles. The monoisotopic (exact) mass is 313 g/mol. The van der Waals surface area contributed by atoms with Gasteiger partial charge in [-0.15, -0.1) is 0 Å². The number of rotatable bonds is 5. The number of carbonyl (C=O) groups excluding carboxylic acids is 1. The fourth-order valence-corrected chi connectivity index (χ4v) is 3.38. The molecule has 3 N–H and O–H groups in total. The summed E-state index contributed by atoms with van der Waals surface area (Å²) >= 11 is 0. The molecule has 5 nitrogen and oxygen atoms in total. The summed E-state index contributed by atoms with van der Waals surface area (Å²) in [5.41, 5.74) is 2.01. The molecule has 2 atom stereocenters. The van der Waals surface area contributed by atoms with Crippen molar-refractivity contribution in [3.8, 4) is 0 Å². The van der Waals surface area contributed by atoms with E-state index in [2.05, 4.69) is 15.6 Å². The number of carbonyl (C=O) groups is 1. The lowest BCUT2D eigenvalue weighted by Crippen LogP contribution is -2.43. The van der Waals surface area contributed by atoms with Crippen LogP contribution in [-0.4, -0.2) is 28.8 Å². The molecule has 5 heteroatoms. The quantitative estimate of drug-likeness (QED) is 0.794. The van der Waals surface area contributed by atoms with Gasteiger partial charge in [0.2, 0.25) is 0 Å². The number of aliphatic hydroxyl groups excluding tert-OH is 1. The summed E-state index contributed by atoms with van der Waals surface area (Å²) in [6.07, 6.45) is 5.75. The molecule has 3 rings (SSSR count). The van der Waals surface area contributed by atoms with Crippen LogP contribution in [0.1, 0.15) is 31.2 Å². The van der Waals surface area contributed by atoms with Crippen LogP contribution < -0.4 is 10.6 Å². The largest absolute Gasteiger partial charge is 0.396 e. The summed E-state index contributed by atoms with van der Waals surface area (Å²) in [5.74, 6) is 0.400. The predicted octanol–water partition coefficient (Wildman–Crippen LogP) is 2.59. The van der Waals surface area contributed by atoms with Crippen LogP contribution in [0.25, 0.3) is 10.9 Å². The number of benzene rings is 1. The van der Waals surface area contributed by atoms with Crippen molar-refractivity contribution in [2.45, 2.75) is 38.3 Å². The van der Waals surface area contributed by atoms with Crippen LogP contribution >= 0.6 is 0 Å². The summed E-state index contributed by atoms with van der Waals surface area (Å²) in [7, 11) is 0. The summed E-state index contributed by atoms with van der Waals surface area (Å²) in [5, 5.41) is 16.1. The van der Waals surface area contributed by atoms with Gasteiger partial charge in [-0.25, -0.2) is 4.79 Å². The second-order valence-corrected chi connectivity index (χ2v) is 6.17. The first-order valence-corrected chi connectivity index (χ1v) is 8.25. The van der Waals surface area contributed by atoms with Crippen molar-refractivity contribution in [1.82, 2.24) is 15.6 Å². The van der Waals surface area contributed by atoms with Crippen LogP contribution in [0, 0.1) is 5.92 Å². The van der Waals surface area contributed by atoms with Crippen molar-refractivity contribution in [2.24, 2.45) is 5.92 Å². The molecule has 2 amide bonds. The summed E-state index contributed by atoms with van der Waals surface area (Å²) in [4.78, 5) is 16.4. The zero-order valence-electron chi connectivity index (χ0n) is 13.2. The lowest BCUT2D eigenvalue weighted by atomic mass is 10.0. The van der Waals surface area contributed by atoms with Crippen molar-refractivity contribution in [1.29, 1.82) is 0 Å². The van der Waals surface area contributed by atoms with Crippen molar-refractivity contribution in [3.63, 3.8) is 0 Å².